The van der Waals surface area contributed by atoms with Gasteiger partial charge >= 0.3 is 5.97 Å². The molecule has 1 aromatic rings. The summed E-state index contributed by atoms with van der Waals surface area (Å²) in [5.74, 6) is -2.14. The van der Waals surface area contributed by atoms with Gasteiger partial charge < -0.3 is 15.3 Å². The topological polar surface area (TPSA) is 86.7 Å². The van der Waals surface area contributed by atoms with Crippen LogP contribution in [0.4, 0.5) is 10.1 Å². The number of nitrogens with one attached hydrogen (secondary N) is 1. The second kappa shape index (κ2) is 8.38. The van der Waals surface area contributed by atoms with Crippen LogP contribution in [0.1, 0.15) is 6.92 Å². The van der Waals surface area contributed by atoms with E-state index in [0.29, 0.717) is 5.69 Å². The Hall–Kier alpha value is -2.09. The fraction of sp³-hybridized carbons (Fsp3) is 0.357. The average molecular weight is 328 g/mol. The fourth-order valence-electron chi connectivity index (χ4n) is 1.59. The van der Waals surface area contributed by atoms with Gasteiger partial charge in [0, 0.05) is 12.7 Å². The van der Waals surface area contributed by atoms with E-state index in [1.807, 2.05) is 0 Å². The van der Waals surface area contributed by atoms with Gasteiger partial charge in [0.15, 0.2) is 0 Å². The van der Waals surface area contributed by atoms with Gasteiger partial charge in [-0.15, -0.1) is 11.8 Å². The molecule has 0 heterocycles. The zero-order valence-corrected chi connectivity index (χ0v) is 13.0. The largest absolute Gasteiger partial charge is 0.480 e. The maximum Gasteiger partial charge on any atom is 0.323 e. The van der Waals surface area contributed by atoms with Gasteiger partial charge in [0.25, 0.3) is 0 Å². The van der Waals surface area contributed by atoms with Gasteiger partial charge in [-0.1, -0.05) is 0 Å². The molecule has 1 atom stereocenters. The predicted molar refractivity (Wildman–Crippen MR) is 82.2 cm³/mol. The quantitative estimate of drug-likeness (QED) is 0.791. The van der Waals surface area contributed by atoms with Crippen molar-refractivity contribution in [2.24, 2.45) is 0 Å². The molecule has 0 saturated heterocycles. The molecule has 120 valence electrons. The number of hydrogen-bond acceptors (Lipinski definition) is 4. The van der Waals surface area contributed by atoms with Crippen LogP contribution in [0.2, 0.25) is 0 Å². The van der Waals surface area contributed by atoms with Crippen LogP contribution in [-0.2, 0) is 14.4 Å². The third kappa shape index (κ3) is 6.13. The fourth-order valence-corrected chi connectivity index (χ4v) is 2.39. The number of rotatable bonds is 7. The first-order chi connectivity index (χ1) is 10.3. The Bertz CT molecular complexity index is 550. The summed E-state index contributed by atoms with van der Waals surface area (Å²) in [4.78, 5) is 35.2. The van der Waals surface area contributed by atoms with Crippen LogP contribution in [0, 0.1) is 5.82 Å². The number of halogens is 1. The van der Waals surface area contributed by atoms with Crippen molar-refractivity contribution < 1.29 is 23.9 Å². The SMILES string of the molecule is CC(SCC(=O)Nc1ccc(F)cc1)C(=O)N(C)CC(=O)O. The van der Waals surface area contributed by atoms with Gasteiger partial charge in [0.1, 0.15) is 12.4 Å². The first kappa shape index (κ1) is 18.0. The van der Waals surface area contributed by atoms with Crippen molar-refractivity contribution in [3.63, 3.8) is 0 Å². The maximum atomic E-state index is 12.7. The molecule has 1 unspecified atom stereocenters. The molecule has 22 heavy (non-hydrogen) atoms. The lowest BCUT2D eigenvalue weighted by molar-refractivity contribution is -0.143. The van der Waals surface area contributed by atoms with E-state index in [9.17, 15) is 18.8 Å². The Balaban J connectivity index is 2.41. The molecule has 2 N–H and O–H groups in total. The summed E-state index contributed by atoms with van der Waals surface area (Å²) in [7, 11) is 1.39. The van der Waals surface area contributed by atoms with E-state index in [0.717, 1.165) is 16.7 Å². The van der Waals surface area contributed by atoms with E-state index < -0.39 is 17.0 Å². The molecule has 0 aliphatic heterocycles. The normalized spacial score (nSPS) is 11.6. The number of likely N-dealkylation sites (N-methyl/N-ethyl adjacent to an activating group) is 1. The smallest absolute Gasteiger partial charge is 0.323 e. The Labute approximate surface area is 131 Å². The third-order valence-corrected chi connectivity index (χ3v) is 3.82. The first-order valence-corrected chi connectivity index (χ1v) is 7.48. The molecule has 1 aromatic carbocycles. The van der Waals surface area contributed by atoms with E-state index in [2.05, 4.69) is 5.32 Å². The van der Waals surface area contributed by atoms with Crippen molar-refractivity contribution in [3.8, 4) is 0 Å². The lowest BCUT2D eigenvalue weighted by atomic mass is 10.3. The first-order valence-electron chi connectivity index (χ1n) is 6.43. The summed E-state index contributed by atoms with van der Waals surface area (Å²) in [5, 5.41) is 10.7. The number of carboxylic acid groups (broad SMARTS) is 1. The highest BCUT2D eigenvalue weighted by atomic mass is 32.2. The number of thioether (sulfide) groups is 1. The van der Waals surface area contributed by atoms with E-state index in [4.69, 9.17) is 5.11 Å². The number of benzene rings is 1. The van der Waals surface area contributed by atoms with E-state index in [-0.39, 0.29) is 24.1 Å². The number of hydrogen-bond donors (Lipinski definition) is 2. The van der Waals surface area contributed by atoms with Crippen LogP contribution in [0.5, 0.6) is 0 Å². The zero-order valence-electron chi connectivity index (χ0n) is 12.2. The van der Waals surface area contributed by atoms with Crippen LogP contribution in [0.3, 0.4) is 0 Å². The number of carbonyl (C=O) groups is 3. The van der Waals surface area contributed by atoms with Gasteiger partial charge in [0.2, 0.25) is 11.8 Å². The Morgan fingerprint density at radius 3 is 2.45 bits per heavy atom. The minimum atomic E-state index is -1.10. The minimum absolute atomic E-state index is 0.0329. The van der Waals surface area contributed by atoms with Gasteiger partial charge in [-0.25, -0.2) is 4.39 Å². The maximum absolute atomic E-state index is 12.7. The molecule has 0 aromatic heterocycles. The average Bonchev–Trinajstić information content (AvgIpc) is 2.45. The molecule has 0 aliphatic rings. The number of anilines is 1. The Morgan fingerprint density at radius 2 is 1.91 bits per heavy atom. The number of nitrogens with zero attached hydrogens (tertiary/aromatic N) is 1. The summed E-state index contributed by atoms with van der Waals surface area (Å²) in [6.07, 6.45) is 0. The van der Waals surface area contributed by atoms with Gasteiger partial charge in [-0.2, -0.15) is 0 Å². The highest BCUT2D eigenvalue weighted by molar-refractivity contribution is 8.01. The molecular formula is C14H17FN2O4S. The van der Waals surface area contributed by atoms with Gasteiger partial charge in [0.05, 0.1) is 11.0 Å². The molecule has 6 nitrogen and oxygen atoms in total. The summed E-state index contributed by atoms with van der Waals surface area (Å²) in [5.41, 5.74) is 0.467. The van der Waals surface area contributed by atoms with Crippen molar-refractivity contribution in [1.29, 1.82) is 0 Å². The summed E-state index contributed by atoms with van der Waals surface area (Å²) in [6, 6.07) is 5.34. The van der Waals surface area contributed by atoms with Crippen molar-refractivity contribution in [2.45, 2.75) is 12.2 Å². The molecule has 0 aliphatic carbocycles. The molecule has 0 radical (unpaired) electrons. The zero-order chi connectivity index (χ0) is 16.7. The van der Waals surface area contributed by atoms with Crippen LogP contribution in [0.25, 0.3) is 0 Å². The number of carboxylic acids is 1. The van der Waals surface area contributed by atoms with E-state index >= 15 is 0 Å². The monoisotopic (exact) mass is 328 g/mol. The van der Waals surface area contributed by atoms with Crippen LogP contribution in [-0.4, -0.2) is 52.4 Å². The summed E-state index contributed by atoms with van der Waals surface area (Å²) < 4.78 is 12.7. The number of aliphatic carboxylic acids is 1. The predicted octanol–water partition coefficient (Wildman–Crippen LogP) is 1.43. The molecule has 0 spiro atoms. The van der Waals surface area contributed by atoms with E-state index in [1.165, 1.54) is 31.3 Å². The van der Waals surface area contributed by atoms with Crippen LogP contribution in [0.15, 0.2) is 24.3 Å². The Morgan fingerprint density at radius 1 is 1.32 bits per heavy atom. The number of amides is 2. The van der Waals surface area contributed by atoms with Crippen LogP contribution >= 0.6 is 11.8 Å². The molecule has 0 bridgehead atoms. The molecular weight excluding hydrogens is 311 g/mol. The molecule has 2 amide bonds. The standard InChI is InChI=1S/C14H17FN2O4S/c1-9(14(21)17(2)7-13(19)20)22-8-12(18)16-11-5-3-10(15)4-6-11/h3-6,9H,7-8H2,1-2H3,(H,16,18)(H,19,20). The van der Waals surface area contributed by atoms with Gasteiger partial charge in [-0.05, 0) is 31.2 Å². The van der Waals surface area contributed by atoms with E-state index in [1.54, 1.807) is 6.92 Å². The minimum Gasteiger partial charge on any atom is -0.480 e. The molecule has 8 heteroatoms. The van der Waals surface area contributed by atoms with Crippen molar-refractivity contribution in [2.75, 3.05) is 24.7 Å². The Kier molecular flexibility index (Phi) is 6.84. The second-order valence-corrected chi connectivity index (χ2v) is 5.93. The lowest BCUT2D eigenvalue weighted by Gasteiger charge is -2.19. The lowest BCUT2D eigenvalue weighted by Crippen LogP contribution is -2.37. The second-order valence-electron chi connectivity index (χ2n) is 4.60. The summed E-state index contributed by atoms with van der Waals surface area (Å²) >= 11 is 1.10. The summed E-state index contributed by atoms with van der Waals surface area (Å²) in [6.45, 7) is 1.22. The highest BCUT2D eigenvalue weighted by Gasteiger charge is 2.20. The highest BCUT2D eigenvalue weighted by Crippen LogP contribution is 2.14. The molecule has 1 rings (SSSR count). The molecule has 0 fully saturated rings. The third-order valence-electron chi connectivity index (χ3n) is 2.69. The molecule has 0 saturated carbocycles. The van der Waals surface area contributed by atoms with Gasteiger partial charge in [-0.3, -0.25) is 14.4 Å². The van der Waals surface area contributed by atoms with Crippen LogP contribution < -0.4 is 5.32 Å². The van der Waals surface area contributed by atoms with Crippen molar-refractivity contribution in [1.82, 2.24) is 4.90 Å². The van der Waals surface area contributed by atoms with Crippen molar-refractivity contribution >= 4 is 35.2 Å². The number of carbonyl (C=O) groups excluding carboxylic acids is 2. The van der Waals surface area contributed by atoms with Crippen molar-refractivity contribution in [3.05, 3.63) is 30.1 Å².